The second kappa shape index (κ2) is 5.10. The smallest absolute Gasteiger partial charge is 0.225 e. The Bertz CT molecular complexity index is 340. The van der Waals surface area contributed by atoms with E-state index in [0.29, 0.717) is 6.04 Å². The molecule has 0 amide bonds. The predicted molar refractivity (Wildman–Crippen MR) is 69.0 cm³/mol. The first-order chi connectivity index (χ1) is 7.70. The molecule has 1 saturated heterocycles. The number of hydrogen-bond donors (Lipinski definition) is 0. The molecule has 1 unspecified atom stereocenters. The van der Waals surface area contributed by atoms with Crippen molar-refractivity contribution < 1.29 is 0 Å². The van der Waals surface area contributed by atoms with Crippen LogP contribution in [0.15, 0.2) is 12.4 Å². The lowest BCUT2D eigenvalue weighted by atomic mass is 10.2. The van der Waals surface area contributed by atoms with Crippen molar-refractivity contribution in [3.8, 4) is 0 Å². The Morgan fingerprint density at radius 1 is 1.38 bits per heavy atom. The van der Waals surface area contributed by atoms with Gasteiger partial charge in [0.15, 0.2) is 0 Å². The first-order valence-corrected chi connectivity index (χ1v) is 6.65. The second-order valence-electron chi connectivity index (χ2n) is 4.30. The number of rotatable bonds is 2. The minimum Gasteiger partial charge on any atom is -0.338 e. The van der Waals surface area contributed by atoms with Gasteiger partial charge in [-0.3, -0.25) is 0 Å². The Morgan fingerprint density at radius 3 is 2.62 bits per heavy atom. The van der Waals surface area contributed by atoms with Crippen LogP contribution in [0.5, 0.6) is 0 Å². The SMILES string of the molecule is CC1CN(c2ncc(CBr)cn2)CCN1C. The van der Waals surface area contributed by atoms with Crippen molar-refractivity contribution in [1.29, 1.82) is 0 Å². The number of alkyl halides is 1. The van der Waals surface area contributed by atoms with Gasteiger partial charge in [-0.05, 0) is 19.5 Å². The van der Waals surface area contributed by atoms with Crippen LogP contribution in [-0.4, -0.2) is 47.6 Å². The summed E-state index contributed by atoms with van der Waals surface area (Å²) in [5.74, 6) is 0.852. The van der Waals surface area contributed by atoms with Gasteiger partial charge < -0.3 is 9.80 Å². The Hall–Kier alpha value is -0.680. The molecule has 2 rings (SSSR count). The van der Waals surface area contributed by atoms with Crippen molar-refractivity contribution in [2.75, 3.05) is 31.6 Å². The highest BCUT2D eigenvalue weighted by atomic mass is 79.9. The molecule has 1 atom stereocenters. The maximum Gasteiger partial charge on any atom is 0.225 e. The predicted octanol–water partition coefficient (Wildman–Crippen LogP) is 1.51. The number of hydrogen-bond acceptors (Lipinski definition) is 4. The minimum atomic E-state index is 0.563. The minimum absolute atomic E-state index is 0.563. The van der Waals surface area contributed by atoms with E-state index in [0.717, 1.165) is 36.5 Å². The van der Waals surface area contributed by atoms with Crippen LogP contribution in [0.2, 0.25) is 0 Å². The van der Waals surface area contributed by atoms with Crippen LogP contribution in [-0.2, 0) is 5.33 Å². The summed E-state index contributed by atoms with van der Waals surface area (Å²) in [7, 11) is 2.16. The lowest BCUT2D eigenvalue weighted by molar-refractivity contribution is 0.233. The Kier molecular flexibility index (Phi) is 3.76. The third kappa shape index (κ3) is 2.52. The number of likely N-dealkylation sites (N-methyl/N-ethyl adjacent to an activating group) is 1. The number of anilines is 1. The van der Waals surface area contributed by atoms with E-state index in [4.69, 9.17) is 0 Å². The lowest BCUT2D eigenvalue weighted by Crippen LogP contribution is -2.50. The van der Waals surface area contributed by atoms with Gasteiger partial charge >= 0.3 is 0 Å². The summed E-state index contributed by atoms with van der Waals surface area (Å²) in [5.41, 5.74) is 1.12. The largest absolute Gasteiger partial charge is 0.338 e. The maximum atomic E-state index is 4.40. The van der Waals surface area contributed by atoms with Gasteiger partial charge in [0, 0.05) is 43.4 Å². The van der Waals surface area contributed by atoms with Crippen LogP contribution in [0, 0.1) is 0 Å². The zero-order valence-electron chi connectivity index (χ0n) is 9.73. The molecule has 5 heteroatoms. The molecule has 1 aliphatic heterocycles. The molecule has 0 radical (unpaired) electrons. The first kappa shape index (κ1) is 11.8. The highest BCUT2D eigenvalue weighted by molar-refractivity contribution is 9.08. The lowest BCUT2D eigenvalue weighted by Gasteiger charge is -2.37. The van der Waals surface area contributed by atoms with Gasteiger partial charge in [-0.2, -0.15) is 0 Å². The fourth-order valence-corrected chi connectivity index (χ4v) is 2.10. The Labute approximate surface area is 105 Å². The molecular formula is C11H17BrN4. The molecule has 0 saturated carbocycles. The summed E-state index contributed by atoms with van der Waals surface area (Å²) < 4.78 is 0. The van der Waals surface area contributed by atoms with Gasteiger partial charge in [0.25, 0.3) is 0 Å². The summed E-state index contributed by atoms with van der Waals surface area (Å²) in [6.45, 7) is 5.32. The van der Waals surface area contributed by atoms with E-state index in [1.807, 2.05) is 12.4 Å². The molecular weight excluding hydrogens is 268 g/mol. The Morgan fingerprint density at radius 2 is 2.06 bits per heavy atom. The molecule has 4 nitrogen and oxygen atoms in total. The van der Waals surface area contributed by atoms with Gasteiger partial charge in [-0.25, -0.2) is 9.97 Å². The second-order valence-corrected chi connectivity index (χ2v) is 4.86. The molecule has 1 aromatic rings. The van der Waals surface area contributed by atoms with Crippen LogP contribution < -0.4 is 4.90 Å². The van der Waals surface area contributed by atoms with E-state index in [1.165, 1.54) is 0 Å². The first-order valence-electron chi connectivity index (χ1n) is 5.53. The topological polar surface area (TPSA) is 32.3 Å². The molecule has 0 N–H and O–H groups in total. The van der Waals surface area contributed by atoms with Crippen LogP contribution in [0.25, 0.3) is 0 Å². The van der Waals surface area contributed by atoms with E-state index in [2.05, 4.69) is 49.7 Å². The van der Waals surface area contributed by atoms with Gasteiger partial charge in [0.2, 0.25) is 5.95 Å². The van der Waals surface area contributed by atoms with Crippen molar-refractivity contribution in [2.45, 2.75) is 18.3 Å². The highest BCUT2D eigenvalue weighted by Gasteiger charge is 2.22. The van der Waals surface area contributed by atoms with Crippen molar-refractivity contribution in [2.24, 2.45) is 0 Å². The van der Waals surface area contributed by atoms with Gasteiger partial charge in [0.05, 0.1) is 0 Å². The van der Waals surface area contributed by atoms with E-state index >= 15 is 0 Å². The number of piperazine rings is 1. The highest BCUT2D eigenvalue weighted by Crippen LogP contribution is 2.14. The van der Waals surface area contributed by atoms with Crippen molar-refractivity contribution in [3.05, 3.63) is 18.0 Å². The van der Waals surface area contributed by atoms with Crippen molar-refractivity contribution >= 4 is 21.9 Å². The van der Waals surface area contributed by atoms with Gasteiger partial charge in [-0.1, -0.05) is 15.9 Å². The third-order valence-electron chi connectivity index (χ3n) is 3.09. The zero-order chi connectivity index (χ0) is 11.5. The summed E-state index contributed by atoms with van der Waals surface area (Å²) >= 11 is 3.40. The molecule has 0 aliphatic carbocycles. The molecule has 16 heavy (non-hydrogen) atoms. The molecule has 0 bridgehead atoms. The van der Waals surface area contributed by atoms with E-state index in [1.54, 1.807) is 0 Å². The fraction of sp³-hybridized carbons (Fsp3) is 0.636. The summed E-state index contributed by atoms with van der Waals surface area (Å²) in [6.07, 6.45) is 3.78. The molecule has 0 aromatic carbocycles. The van der Waals surface area contributed by atoms with E-state index < -0.39 is 0 Å². The molecule has 0 spiro atoms. The number of halogens is 1. The van der Waals surface area contributed by atoms with Crippen LogP contribution >= 0.6 is 15.9 Å². The standard InChI is InChI=1S/C11H17BrN4/c1-9-8-16(4-3-15(9)2)11-13-6-10(5-12)7-14-11/h6-7,9H,3-5,8H2,1-2H3. The monoisotopic (exact) mass is 284 g/mol. The molecule has 1 fully saturated rings. The average Bonchev–Trinajstić information content (AvgIpc) is 2.33. The van der Waals surface area contributed by atoms with Crippen LogP contribution in [0.3, 0.4) is 0 Å². The quantitative estimate of drug-likeness (QED) is 0.771. The van der Waals surface area contributed by atoms with Gasteiger partial charge in [-0.15, -0.1) is 0 Å². The van der Waals surface area contributed by atoms with E-state index in [-0.39, 0.29) is 0 Å². The Balaban J connectivity index is 2.06. The zero-order valence-corrected chi connectivity index (χ0v) is 11.3. The number of nitrogens with zero attached hydrogens (tertiary/aromatic N) is 4. The summed E-state index contributed by atoms with van der Waals surface area (Å²) in [4.78, 5) is 13.4. The molecule has 2 heterocycles. The average molecular weight is 285 g/mol. The molecule has 1 aromatic heterocycles. The normalized spacial score (nSPS) is 22.4. The maximum absolute atomic E-state index is 4.40. The molecule has 88 valence electrons. The van der Waals surface area contributed by atoms with Crippen LogP contribution in [0.1, 0.15) is 12.5 Å². The van der Waals surface area contributed by atoms with Gasteiger partial charge in [0.1, 0.15) is 0 Å². The van der Waals surface area contributed by atoms with Crippen LogP contribution in [0.4, 0.5) is 5.95 Å². The van der Waals surface area contributed by atoms with Crippen molar-refractivity contribution in [1.82, 2.24) is 14.9 Å². The van der Waals surface area contributed by atoms with E-state index in [9.17, 15) is 0 Å². The summed E-state index contributed by atoms with van der Waals surface area (Å²) in [5, 5.41) is 0.812. The fourth-order valence-electron chi connectivity index (χ4n) is 1.81. The third-order valence-corrected chi connectivity index (χ3v) is 3.74. The van der Waals surface area contributed by atoms with Crippen molar-refractivity contribution in [3.63, 3.8) is 0 Å². The molecule has 1 aliphatic rings. The number of aromatic nitrogens is 2. The summed E-state index contributed by atoms with van der Waals surface area (Å²) in [6, 6.07) is 0.563.